The van der Waals surface area contributed by atoms with Crippen molar-refractivity contribution in [3.63, 3.8) is 0 Å². The summed E-state index contributed by atoms with van der Waals surface area (Å²) in [4.78, 5) is 4.40. The highest BCUT2D eigenvalue weighted by atomic mass is 32.2. The molecule has 25 heavy (non-hydrogen) atoms. The van der Waals surface area contributed by atoms with E-state index in [1.165, 1.54) is 0 Å². The van der Waals surface area contributed by atoms with Gasteiger partial charge in [0.15, 0.2) is 5.96 Å². The predicted molar refractivity (Wildman–Crippen MR) is 99.1 cm³/mol. The molecule has 1 aromatic carbocycles. The molecule has 1 unspecified atom stereocenters. The molecule has 0 spiro atoms. The van der Waals surface area contributed by atoms with Gasteiger partial charge in [-0.05, 0) is 37.0 Å². The van der Waals surface area contributed by atoms with E-state index in [9.17, 15) is 8.42 Å². The van der Waals surface area contributed by atoms with Crippen LogP contribution in [0.4, 0.5) is 0 Å². The third kappa shape index (κ3) is 6.30. The van der Waals surface area contributed by atoms with Gasteiger partial charge in [-0.2, -0.15) is 0 Å². The lowest BCUT2D eigenvalue weighted by atomic mass is 10.2. The van der Waals surface area contributed by atoms with Gasteiger partial charge in [0, 0.05) is 33.3 Å². The van der Waals surface area contributed by atoms with Crippen LogP contribution in [0.15, 0.2) is 34.2 Å². The number of rotatable bonds is 8. The zero-order valence-electron chi connectivity index (χ0n) is 14.9. The van der Waals surface area contributed by atoms with Crippen molar-refractivity contribution in [3.8, 4) is 0 Å². The van der Waals surface area contributed by atoms with E-state index in [2.05, 4.69) is 27.3 Å². The van der Waals surface area contributed by atoms with Crippen LogP contribution in [0, 0.1) is 0 Å². The number of ether oxygens (including phenoxy) is 1. The van der Waals surface area contributed by atoms with E-state index in [0.717, 1.165) is 37.3 Å². The number of sulfonamides is 1. The number of guanidine groups is 1. The van der Waals surface area contributed by atoms with Gasteiger partial charge in [0.25, 0.3) is 0 Å². The van der Waals surface area contributed by atoms with Gasteiger partial charge in [0.2, 0.25) is 10.0 Å². The molecule has 1 heterocycles. The molecule has 140 valence electrons. The summed E-state index contributed by atoms with van der Waals surface area (Å²) in [5, 5.41) is 6.39. The fourth-order valence-electron chi connectivity index (χ4n) is 2.53. The first-order valence-corrected chi connectivity index (χ1v) is 10.2. The number of benzene rings is 1. The topological polar surface area (TPSA) is 91.8 Å². The summed E-state index contributed by atoms with van der Waals surface area (Å²) in [5.41, 5.74) is 0.984. The van der Waals surface area contributed by atoms with E-state index in [4.69, 9.17) is 4.74 Å². The fourth-order valence-corrected chi connectivity index (χ4v) is 3.59. The highest BCUT2D eigenvalue weighted by Crippen LogP contribution is 2.14. The fraction of sp³-hybridized carbons (Fsp3) is 0.588. The van der Waals surface area contributed by atoms with Crippen molar-refractivity contribution in [2.24, 2.45) is 4.99 Å². The highest BCUT2D eigenvalue weighted by Gasteiger charge is 2.20. The molecule has 1 aliphatic heterocycles. The zero-order chi connectivity index (χ0) is 18.1. The summed E-state index contributed by atoms with van der Waals surface area (Å²) in [6.45, 7) is 4.56. The molecule has 1 saturated heterocycles. The molecule has 0 aromatic heterocycles. The summed E-state index contributed by atoms with van der Waals surface area (Å²) in [7, 11) is -1.78. The van der Waals surface area contributed by atoms with E-state index in [1.807, 2.05) is 0 Å². The van der Waals surface area contributed by atoms with Crippen LogP contribution in [0.2, 0.25) is 0 Å². The largest absolute Gasteiger partial charge is 0.377 e. The Morgan fingerprint density at radius 3 is 2.64 bits per heavy atom. The second kappa shape index (κ2) is 9.74. The van der Waals surface area contributed by atoms with Crippen LogP contribution in [-0.2, 0) is 21.3 Å². The first-order chi connectivity index (χ1) is 12.0. The monoisotopic (exact) mass is 368 g/mol. The minimum Gasteiger partial charge on any atom is -0.377 e. The Balaban J connectivity index is 1.87. The predicted octanol–water partition coefficient (Wildman–Crippen LogP) is 1.22. The third-order valence-corrected chi connectivity index (χ3v) is 5.42. The van der Waals surface area contributed by atoms with Crippen molar-refractivity contribution < 1.29 is 13.2 Å². The van der Waals surface area contributed by atoms with E-state index in [-0.39, 0.29) is 11.0 Å². The van der Waals surface area contributed by atoms with Gasteiger partial charge in [-0.1, -0.05) is 19.1 Å². The lowest BCUT2D eigenvalue weighted by Gasteiger charge is -2.13. The summed E-state index contributed by atoms with van der Waals surface area (Å²) in [6.07, 6.45) is 2.90. The Morgan fingerprint density at radius 2 is 2.04 bits per heavy atom. The van der Waals surface area contributed by atoms with Crippen LogP contribution < -0.4 is 15.4 Å². The molecule has 7 nitrogen and oxygen atoms in total. The molecule has 0 radical (unpaired) electrons. The van der Waals surface area contributed by atoms with Gasteiger partial charge >= 0.3 is 0 Å². The average Bonchev–Trinajstić information content (AvgIpc) is 3.14. The van der Waals surface area contributed by atoms with Crippen LogP contribution in [0.5, 0.6) is 0 Å². The molecule has 2 rings (SSSR count). The van der Waals surface area contributed by atoms with E-state index >= 15 is 0 Å². The normalized spacial score (nSPS) is 18.3. The number of nitrogens with zero attached hydrogens (tertiary/aromatic N) is 1. The molecular weight excluding hydrogens is 340 g/mol. The standard InChI is InChI=1S/C17H28N4O3S/c1-3-10-19-17(18-2)20-12-14-6-8-16(9-7-14)25(22,23)21-13-15-5-4-11-24-15/h6-9,15,21H,3-5,10-13H2,1-2H3,(H2,18,19,20). The van der Waals surface area contributed by atoms with Crippen LogP contribution in [0.1, 0.15) is 31.7 Å². The van der Waals surface area contributed by atoms with Gasteiger partial charge < -0.3 is 15.4 Å². The Labute approximate surface area is 150 Å². The first-order valence-electron chi connectivity index (χ1n) is 8.70. The van der Waals surface area contributed by atoms with Gasteiger partial charge in [0.1, 0.15) is 0 Å². The molecular formula is C17H28N4O3S. The Hall–Kier alpha value is -1.64. The molecule has 1 atom stereocenters. The lowest BCUT2D eigenvalue weighted by molar-refractivity contribution is 0.114. The smallest absolute Gasteiger partial charge is 0.240 e. The van der Waals surface area contributed by atoms with Crippen molar-refractivity contribution >= 4 is 16.0 Å². The van der Waals surface area contributed by atoms with E-state index < -0.39 is 10.0 Å². The quantitative estimate of drug-likeness (QED) is 0.474. The van der Waals surface area contributed by atoms with Gasteiger partial charge in [-0.3, -0.25) is 4.99 Å². The third-order valence-electron chi connectivity index (χ3n) is 3.98. The Morgan fingerprint density at radius 1 is 1.28 bits per heavy atom. The highest BCUT2D eigenvalue weighted by molar-refractivity contribution is 7.89. The van der Waals surface area contributed by atoms with Gasteiger partial charge in [-0.25, -0.2) is 13.1 Å². The molecule has 1 aromatic rings. The Bertz CT molecular complexity index is 653. The molecule has 0 saturated carbocycles. The number of nitrogens with one attached hydrogen (secondary N) is 3. The van der Waals surface area contributed by atoms with Crippen molar-refractivity contribution in [3.05, 3.63) is 29.8 Å². The summed E-state index contributed by atoms with van der Waals surface area (Å²) < 4.78 is 32.7. The van der Waals surface area contributed by atoms with Crippen molar-refractivity contribution in [1.29, 1.82) is 0 Å². The molecule has 0 bridgehead atoms. The van der Waals surface area contributed by atoms with Crippen LogP contribution in [-0.4, -0.2) is 47.2 Å². The average molecular weight is 369 g/mol. The number of aliphatic imine (C=N–C) groups is 1. The van der Waals surface area contributed by atoms with E-state index in [0.29, 0.717) is 19.7 Å². The minimum absolute atomic E-state index is 0.0133. The van der Waals surface area contributed by atoms with Crippen LogP contribution in [0.3, 0.4) is 0 Å². The molecule has 3 N–H and O–H groups in total. The van der Waals surface area contributed by atoms with Crippen LogP contribution in [0.25, 0.3) is 0 Å². The Kier molecular flexibility index (Phi) is 7.67. The van der Waals surface area contributed by atoms with Gasteiger partial charge in [0.05, 0.1) is 11.0 Å². The first kappa shape index (κ1) is 19.7. The minimum atomic E-state index is -3.50. The molecule has 1 fully saturated rings. The van der Waals surface area contributed by atoms with Crippen molar-refractivity contribution in [2.75, 3.05) is 26.7 Å². The maximum absolute atomic E-state index is 12.3. The second-order valence-electron chi connectivity index (χ2n) is 5.98. The molecule has 0 amide bonds. The number of hydrogen-bond acceptors (Lipinski definition) is 4. The number of hydrogen-bond donors (Lipinski definition) is 3. The summed E-state index contributed by atoms with van der Waals surface area (Å²) in [5.74, 6) is 0.733. The summed E-state index contributed by atoms with van der Waals surface area (Å²) >= 11 is 0. The second-order valence-corrected chi connectivity index (χ2v) is 7.75. The van der Waals surface area contributed by atoms with E-state index in [1.54, 1.807) is 31.3 Å². The maximum Gasteiger partial charge on any atom is 0.240 e. The molecule has 8 heteroatoms. The summed E-state index contributed by atoms with van der Waals surface area (Å²) in [6, 6.07) is 6.86. The van der Waals surface area contributed by atoms with Crippen LogP contribution >= 0.6 is 0 Å². The van der Waals surface area contributed by atoms with Crippen molar-refractivity contribution in [1.82, 2.24) is 15.4 Å². The molecule has 1 aliphatic rings. The van der Waals surface area contributed by atoms with Crippen molar-refractivity contribution in [2.45, 2.75) is 43.7 Å². The lowest BCUT2D eigenvalue weighted by Crippen LogP contribution is -2.37. The zero-order valence-corrected chi connectivity index (χ0v) is 15.7. The SMILES string of the molecule is CCCNC(=NC)NCc1ccc(S(=O)(=O)NCC2CCCO2)cc1. The van der Waals surface area contributed by atoms with Gasteiger partial charge in [-0.15, -0.1) is 0 Å². The molecule has 0 aliphatic carbocycles. The maximum atomic E-state index is 12.3.